The lowest BCUT2D eigenvalue weighted by Gasteiger charge is -2.41. The number of ether oxygens (including phenoxy) is 1. The molecule has 19 heavy (non-hydrogen) atoms. The monoisotopic (exact) mass is 269 g/mol. The Morgan fingerprint density at radius 1 is 1.37 bits per heavy atom. The van der Waals surface area contributed by atoms with Crippen LogP contribution in [0.1, 0.15) is 44.9 Å². The number of carboxylic acids is 1. The number of rotatable bonds is 6. The second kappa shape index (κ2) is 5.90. The topological polar surface area (TPSA) is 75.6 Å². The van der Waals surface area contributed by atoms with Gasteiger partial charge in [0.1, 0.15) is 0 Å². The summed E-state index contributed by atoms with van der Waals surface area (Å²) in [5.41, 5.74) is -0.253. The summed E-state index contributed by atoms with van der Waals surface area (Å²) in [6, 6.07) is 0.0358. The zero-order valence-corrected chi connectivity index (χ0v) is 11.5. The maximum absolute atomic E-state index is 12.4. The third-order valence-corrected chi connectivity index (χ3v) is 4.69. The van der Waals surface area contributed by atoms with Crippen molar-refractivity contribution >= 4 is 11.9 Å². The molecule has 0 spiro atoms. The molecule has 1 amide bonds. The van der Waals surface area contributed by atoms with Gasteiger partial charge in [-0.1, -0.05) is 6.42 Å². The Kier molecular flexibility index (Phi) is 4.45. The van der Waals surface area contributed by atoms with Crippen molar-refractivity contribution in [3.05, 3.63) is 0 Å². The Morgan fingerprint density at radius 3 is 2.58 bits per heavy atom. The maximum atomic E-state index is 12.4. The van der Waals surface area contributed by atoms with Crippen LogP contribution in [0.2, 0.25) is 0 Å². The molecule has 0 aromatic carbocycles. The molecule has 0 aliphatic heterocycles. The van der Waals surface area contributed by atoms with Crippen LogP contribution in [0.15, 0.2) is 0 Å². The number of aliphatic carboxylic acids is 1. The highest BCUT2D eigenvalue weighted by Gasteiger charge is 2.44. The molecule has 0 bridgehead atoms. The van der Waals surface area contributed by atoms with Gasteiger partial charge in [0.25, 0.3) is 0 Å². The molecule has 2 fully saturated rings. The molecule has 0 aromatic heterocycles. The molecule has 0 saturated heterocycles. The van der Waals surface area contributed by atoms with Gasteiger partial charge in [-0.25, -0.2) is 0 Å². The van der Waals surface area contributed by atoms with Crippen molar-refractivity contribution in [3.63, 3.8) is 0 Å². The van der Waals surface area contributed by atoms with Crippen molar-refractivity contribution in [1.29, 1.82) is 0 Å². The minimum absolute atomic E-state index is 0.0358. The van der Waals surface area contributed by atoms with Gasteiger partial charge in [-0.15, -0.1) is 0 Å². The van der Waals surface area contributed by atoms with Crippen LogP contribution in [0.5, 0.6) is 0 Å². The highest BCUT2D eigenvalue weighted by atomic mass is 16.5. The van der Waals surface area contributed by atoms with Gasteiger partial charge < -0.3 is 15.2 Å². The summed E-state index contributed by atoms with van der Waals surface area (Å²) in [5.74, 6) is -0.928. The van der Waals surface area contributed by atoms with Gasteiger partial charge in [0.05, 0.1) is 11.3 Å². The van der Waals surface area contributed by atoms with Crippen LogP contribution in [0, 0.1) is 11.3 Å². The predicted molar refractivity (Wildman–Crippen MR) is 69.7 cm³/mol. The molecule has 2 saturated carbocycles. The molecule has 2 aliphatic carbocycles. The van der Waals surface area contributed by atoms with Crippen LogP contribution in [-0.2, 0) is 14.3 Å². The van der Waals surface area contributed by atoms with Gasteiger partial charge >= 0.3 is 5.97 Å². The minimum atomic E-state index is -0.741. The number of hydrogen-bond donors (Lipinski definition) is 2. The molecule has 2 atom stereocenters. The first-order valence-electron chi connectivity index (χ1n) is 7.10. The smallest absolute Gasteiger partial charge is 0.306 e. The SMILES string of the molecule is COCCC1(C(=O)N[C@H]2CC[C@@H](C(=O)O)C2)CCC1. The summed E-state index contributed by atoms with van der Waals surface area (Å²) in [4.78, 5) is 23.3. The molecular weight excluding hydrogens is 246 g/mol. The summed E-state index contributed by atoms with van der Waals surface area (Å²) < 4.78 is 5.08. The number of hydrogen-bond acceptors (Lipinski definition) is 3. The molecule has 5 heteroatoms. The van der Waals surface area contributed by atoms with E-state index in [2.05, 4.69) is 5.32 Å². The van der Waals surface area contributed by atoms with E-state index >= 15 is 0 Å². The lowest BCUT2D eigenvalue weighted by atomic mass is 9.66. The quantitative estimate of drug-likeness (QED) is 0.767. The first-order valence-corrected chi connectivity index (χ1v) is 7.10. The highest BCUT2D eigenvalue weighted by Crippen LogP contribution is 2.44. The van der Waals surface area contributed by atoms with Crippen molar-refractivity contribution in [3.8, 4) is 0 Å². The summed E-state index contributed by atoms with van der Waals surface area (Å²) in [5, 5.41) is 12.0. The molecule has 108 valence electrons. The minimum Gasteiger partial charge on any atom is -0.481 e. The fourth-order valence-corrected chi connectivity index (χ4v) is 3.17. The number of carbonyl (C=O) groups excluding carboxylic acids is 1. The Bertz CT molecular complexity index is 351. The Morgan fingerprint density at radius 2 is 2.11 bits per heavy atom. The summed E-state index contributed by atoms with van der Waals surface area (Å²) in [7, 11) is 1.65. The van der Waals surface area contributed by atoms with Crippen LogP contribution in [0.3, 0.4) is 0 Å². The average Bonchev–Trinajstić information content (AvgIpc) is 2.76. The molecule has 2 rings (SSSR count). The van der Waals surface area contributed by atoms with E-state index in [1.807, 2.05) is 0 Å². The lowest BCUT2D eigenvalue weighted by molar-refractivity contribution is -0.142. The van der Waals surface area contributed by atoms with E-state index in [0.717, 1.165) is 32.1 Å². The van der Waals surface area contributed by atoms with Crippen molar-refractivity contribution in [2.75, 3.05) is 13.7 Å². The molecule has 5 nitrogen and oxygen atoms in total. The third kappa shape index (κ3) is 3.08. The van der Waals surface area contributed by atoms with Crippen LogP contribution in [-0.4, -0.2) is 36.7 Å². The van der Waals surface area contributed by atoms with Gasteiger partial charge in [0, 0.05) is 19.8 Å². The molecule has 0 unspecified atom stereocenters. The number of carboxylic acid groups (broad SMARTS) is 1. The molecule has 2 N–H and O–H groups in total. The van der Waals surface area contributed by atoms with Crippen molar-refractivity contribution in [2.45, 2.75) is 51.0 Å². The van der Waals surface area contributed by atoms with Crippen molar-refractivity contribution < 1.29 is 19.4 Å². The zero-order valence-electron chi connectivity index (χ0n) is 11.5. The molecular formula is C14H23NO4. The number of nitrogens with one attached hydrogen (secondary N) is 1. The third-order valence-electron chi connectivity index (χ3n) is 4.69. The molecule has 0 aromatic rings. The molecule has 0 radical (unpaired) electrons. The van der Waals surface area contributed by atoms with E-state index in [0.29, 0.717) is 19.4 Å². The van der Waals surface area contributed by atoms with Gasteiger partial charge in [0.15, 0.2) is 0 Å². The maximum Gasteiger partial charge on any atom is 0.306 e. The summed E-state index contributed by atoms with van der Waals surface area (Å²) >= 11 is 0. The van der Waals surface area contributed by atoms with E-state index in [9.17, 15) is 9.59 Å². The van der Waals surface area contributed by atoms with Crippen molar-refractivity contribution in [2.24, 2.45) is 11.3 Å². The van der Waals surface area contributed by atoms with Gasteiger partial charge in [0.2, 0.25) is 5.91 Å². The average molecular weight is 269 g/mol. The van der Waals surface area contributed by atoms with Crippen LogP contribution in [0.4, 0.5) is 0 Å². The first kappa shape index (κ1) is 14.3. The number of carbonyl (C=O) groups is 2. The largest absolute Gasteiger partial charge is 0.481 e. The van der Waals surface area contributed by atoms with Gasteiger partial charge in [-0.3, -0.25) is 9.59 Å². The number of amides is 1. The standard InChI is InChI=1S/C14H23NO4/c1-19-8-7-14(5-2-6-14)13(18)15-11-4-3-10(9-11)12(16)17/h10-11H,2-9H2,1H3,(H,15,18)(H,16,17)/t10-,11+/m1/s1. The summed E-state index contributed by atoms with van der Waals surface area (Å²) in [6.45, 7) is 0.607. The van der Waals surface area contributed by atoms with Gasteiger partial charge in [-0.2, -0.15) is 0 Å². The summed E-state index contributed by atoms with van der Waals surface area (Å²) in [6.07, 6.45) is 5.74. The van der Waals surface area contributed by atoms with E-state index in [1.54, 1.807) is 7.11 Å². The Labute approximate surface area is 113 Å². The van der Waals surface area contributed by atoms with Crippen molar-refractivity contribution in [1.82, 2.24) is 5.32 Å². The Hall–Kier alpha value is -1.10. The second-order valence-corrected chi connectivity index (χ2v) is 5.90. The first-order chi connectivity index (χ1) is 9.07. The number of methoxy groups -OCH3 is 1. The second-order valence-electron chi connectivity index (χ2n) is 5.90. The fraction of sp³-hybridized carbons (Fsp3) is 0.857. The van der Waals surface area contributed by atoms with E-state index in [-0.39, 0.29) is 23.3 Å². The van der Waals surface area contributed by atoms with E-state index < -0.39 is 5.97 Å². The van der Waals surface area contributed by atoms with E-state index in [1.165, 1.54) is 0 Å². The highest BCUT2D eigenvalue weighted by molar-refractivity contribution is 5.84. The zero-order chi connectivity index (χ0) is 13.9. The molecule has 2 aliphatic rings. The van der Waals surface area contributed by atoms with Crippen LogP contribution in [0.25, 0.3) is 0 Å². The fourth-order valence-electron chi connectivity index (χ4n) is 3.17. The van der Waals surface area contributed by atoms with Crippen LogP contribution >= 0.6 is 0 Å². The van der Waals surface area contributed by atoms with Gasteiger partial charge in [-0.05, 0) is 38.5 Å². The lowest BCUT2D eigenvalue weighted by Crippen LogP contribution is -2.49. The van der Waals surface area contributed by atoms with Crippen LogP contribution < -0.4 is 5.32 Å². The Balaban J connectivity index is 1.85. The normalized spacial score (nSPS) is 28.7. The van der Waals surface area contributed by atoms with E-state index in [4.69, 9.17) is 9.84 Å². The molecule has 0 heterocycles. The predicted octanol–water partition coefficient (Wildman–Crippen LogP) is 1.56.